The molecule has 3 nitrogen and oxygen atoms in total. The van der Waals surface area contributed by atoms with Gasteiger partial charge in [0.05, 0.1) is 11.3 Å². The van der Waals surface area contributed by atoms with Gasteiger partial charge >= 0.3 is 0 Å². The Hall–Kier alpha value is -2.46. The lowest BCUT2D eigenvalue weighted by atomic mass is 9.95. The van der Waals surface area contributed by atoms with Crippen molar-refractivity contribution in [2.24, 2.45) is 0 Å². The maximum Gasteiger partial charge on any atom is 0.250 e. The van der Waals surface area contributed by atoms with Gasteiger partial charge in [-0.05, 0) is 35.2 Å². The summed E-state index contributed by atoms with van der Waals surface area (Å²) in [6, 6.07) is 11.5. The lowest BCUT2D eigenvalue weighted by Crippen LogP contribution is -2.35. The Morgan fingerprint density at radius 1 is 1.00 bits per heavy atom. The van der Waals surface area contributed by atoms with Crippen LogP contribution in [0.3, 0.4) is 0 Å². The van der Waals surface area contributed by atoms with Gasteiger partial charge < -0.3 is 5.32 Å². The lowest BCUT2D eigenvalue weighted by Gasteiger charge is -2.15. The van der Waals surface area contributed by atoms with Gasteiger partial charge in [0.2, 0.25) is 5.43 Å². The third kappa shape index (κ3) is 2.85. The summed E-state index contributed by atoms with van der Waals surface area (Å²) in [5.74, 6) is -0.218. The van der Waals surface area contributed by atoms with Crippen molar-refractivity contribution >= 4 is 23.0 Å². The number of hydrogen-bond acceptors (Lipinski definition) is 3. The molecule has 3 aromatic carbocycles. The normalized spacial score (nSPS) is 11.2. The minimum atomic E-state index is -0.646. The fraction of sp³-hybridized carbons (Fsp3) is 0.158. The molecule has 0 radical (unpaired) electrons. The highest BCUT2D eigenvalue weighted by molar-refractivity contribution is 6.30. The van der Waals surface area contributed by atoms with Crippen molar-refractivity contribution in [3.05, 3.63) is 79.3 Å². The quantitative estimate of drug-likeness (QED) is 0.704. The monoisotopic (exact) mass is 343 g/mol. The summed E-state index contributed by atoms with van der Waals surface area (Å²) in [5.41, 5.74) is 1.06. The van der Waals surface area contributed by atoms with Gasteiger partial charge in [0.1, 0.15) is 11.5 Å². The van der Waals surface area contributed by atoms with Crippen molar-refractivity contribution < 1.29 is 4.39 Å². The van der Waals surface area contributed by atoms with Crippen molar-refractivity contribution in [3.63, 3.8) is 0 Å². The van der Waals surface area contributed by atoms with Gasteiger partial charge in [-0.2, -0.15) is 0 Å². The molecule has 0 aromatic heterocycles. The molecule has 0 saturated carbocycles. The second-order valence-electron chi connectivity index (χ2n) is 5.93. The molecule has 0 fully saturated rings. The summed E-state index contributed by atoms with van der Waals surface area (Å²) in [6.07, 6.45) is 0. The van der Waals surface area contributed by atoms with Gasteiger partial charge in [-0.25, -0.2) is 4.39 Å². The largest absolute Gasteiger partial charge is 0.349 e. The summed E-state index contributed by atoms with van der Waals surface area (Å²) in [7, 11) is 0. The van der Waals surface area contributed by atoms with Crippen molar-refractivity contribution in [2.45, 2.75) is 19.8 Å². The molecule has 0 amide bonds. The van der Waals surface area contributed by atoms with E-state index in [1.165, 1.54) is 12.1 Å². The molecule has 0 spiro atoms. The second kappa shape index (κ2) is 6.21. The fourth-order valence-electron chi connectivity index (χ4n) is 2.55. The van der Waals surface area contributed by atoms with E-state index >= 15 is 0 Å². The van der Waals surface area contributed by atoms with Crippen molar-refractivity contribution in [3.8, 4) is 11.1 Å². The summed E-state index contributed by atoms with van der Waals surface area (Å²) in [5, 5.41) is 2.97. The molecule has 0 aliphatic carbocycles. The molecule has 0 aliphatic heterocycles. The van der Waals surface area contributed by atoms with Crippen LogP contribution in [-0.2, 0) is 0 Å². The van der Waals surface area contributed by atoms with Crippen LogP contribution in [0.25, 0.3) is 11.1 Å². The number of halogens is 2. The van der Waals surface area contributed by atoms with Crippen LogP contribution in [0.1, 0.15) is 25.3 Å². The van der Waals surface area contributed by atoms with E-state index in [9.17, 15) is 14.0 Å². The van der Waals surface area contributed by atoms with E-state index < -0.39 is 16.7 Å². The van der Waals surface area contributed by atoms with Crippen LogP contribution in [0.4, 0.5) is 15.8 Å². The summed E-state index contributed by atoms with van der Waals surface area (Å²) in [4.78, 5) is 23.8. The molecule has 1 N–H and O–H groups in total. The SMILES string of the molecule is CC(C)c1ccc(-c2c(Nc3ccc(Cl)cc3F)c(=O)c2=O)cc1. The smallest absolute Gasteiger partial charge is 0.250 e. The molecule has 3 rings (SSSR count). The zero-order chi connectivity index (χ0) is 17.4. The standard InChI is InChI=1S/C19H15ClFNO2/c1-10(2)11-3-5-12(6-4-11)16-17(19(24)18(16)23)22-15-8-7-13(20)9-14(15)21/h3-10,22H,1-2H3. The molecule has 0 bridgehead atoms. The van der Waals surface area contributed by atoms with Crippen LogP contribution in [0.2, 0.25) is 5.02 Å². The Bertz CT molecular complexity index is 970. The summed E-state index contributed by atoms with van der Waals surface area (Å²) >= 11 is 5.72. The van der Waals surface area contributed by atoms with E-state index in [0.717, 1.165) is 11.6 Å². The number of anilines is 2. The molecule has 0 heterocycles. The minimum absolute atomic E-state index is 0.103. The van der Waals surface area contributed by atoms with E-state index in [0.29, 0.717) is 11.5 Å². The molecule has 0 saturated heterocycles. The third-order valence-electron chi connectivity index (χ3n) is 3.97. The van der Waals surface area contributed by atoms with E-state index in [4.69, 9.17) is 11.6 Å². The Labute approximate surface area is 143 Å². The topological polar surface area (TPSA) is 46.2 Å². The number of nitrogens with one attached hydrogen (secondary N) is 1. The first-order chi connectivity index (χ1) is 11.4. The molecular formula is C19H15ClFNO2. The van der Waals surface area contributed by atoms with Crippen LogP contribution in [0.5, 0.6) is 0 Å². The maximum absolute atomic E-state index is 13.9. The van der Waals surface area contributed by atoms with Crippen LogP contribution in [-0.4, -0.2) is 0 Å². The average molecular weight is 344 g/mol. The lowest BCUT2D eigenvalue weighted by molar-refractivity contribution is 0.632. The maximum atomic E-state index is 13.9. The molecule has 122 valence electrons. The van der Waals surface area contributed by atoms with E-state index in [1.54, 1.807) is 12.1 Å². The first kappa shape index (κ1) is 16.4. The Morgan fingerprint density at radius 3 is 2.25 bits per heavy atom. The molecule has 0 atom stereocenters. The highest BCUT2D eigenvalue weighted by Gasteiger charge is 2.23. The second-order valence-corrected chi connectivity index (χ2v) is 6.37. The number of hydrogen-bond donors (Lipinski definition) is 1. The van der Waals surface area contributed by atoms with Crippen LogP contribution < -0.4 is 16.2 Å². The van der Waals surface area contributed by atoms with Crippen LogP contribution in [0.15, 0.2) is 52.1 Å². The van der Waals surface area contributed by atoms with Gasteiger partial charge in [0.25, 0.3) is 5.43 Å². The predicted molar refractivity (Wildman–Crippen MR) is 95.6 cm³/mol. The molecule has 3 aromatic rings. The Balaban J connectivity index is 1.98. The van der Waals surface area contributed by atoms with Gasteiger partial charge in [-0.1, -0.05) is 49.7 Å². The Kier molecular flexibility index (Phi) is 4.24. The molecule has 0 unspecified atom stereocenters. The van der Waals surface area contributed by atoms with Crippen molar-refractivity contribution in [1.29, 1.82) is 0 Å². The van der Waals surface area contributed by atoms with Gasteiger partial charge in [-0.3, -0.25) is 9.59 Å². The van der Waals surface area contributed by atoms with E-state index in [-0.39, 0.29) is 22.0 Å². The molecule has 5 heteroatoms. The van der Waals surface area contributed by atoms with Gasteiger partial charge in [0.15, 0.2) is 0 Å². The first-order valence-corrected chi connectivity index (χ1v) is 7.92. The summed E-state index contributed by atoms with van der Waals surface area (Å²) < 4.78 is 13.9. The third-order valence-corrected chi connectivity index (χ3v) is 4.20. The van der Waals surface area contributed by atoms with Gasteiger partial charge in [-0.15, -0.1) is 0 Å². The minimum Gasteiger partial charge on any atom is -0.349 e. The van der Waals surface area contributed by atoms with Crippen molar-refractivity contribution in [1.82, 2.24) is 0 Å². The zero-order valence-corrected chi connectivity index (χ0v) is 13.9. The Morgan fingerprint density at radius 2 is 1.67 bits per heavy atom. The highest BCUT2D eigenvalue weighted by atomic mass is 35.5. The van der Waals surface area contributed by atoms with Crippen LogP contribution >= 0.6 is 11.6 Å². The van der Waals surface area contributed by atoms with Gasteiger partial charge in [0, 0.05) is 5.02 Å². The summed E-state index contributed by atoms with van der Waals surface area (Å²) in [6.45, 7) is 4.14. The molecular weight excluding hydrogens is 329 g/mol. The predicted octanol–water partition coefficient (Wildman–Crippen LogP) is 4.61. The van der Waals surface area contributed by atoms with Crippen molar-refractivity contribution in [2.75, 3.05) is 5.32 Å². The molecule has 24 heavy (non-hydrogen) atoms. The number of benzene rings is 2. The highest BCUT2D eigenvalue weighted by Crippen LogP contribution is 2.29. The number of rotatable bonds is 4. The first-order valence-electron chi connectivity index (χ1n) is 7.54. The van der Waals surface area contributed by atoms with E-state index in [2.05, 4.69) is 19.2 Å². The fourth-order valence-corrected chi connectivity index (χ4v) is 2.71. The van der Waals surface area contributed by atoms with Crippen LogP contribution in [0, 0.1) is 5.82 Å². The van der Waals surface area contributed by atoms with E-state index in [1.807, 2.05) is 12.1 Å². The average Bonchev–Trinajstić information content (AvgIpc) is 2.56. The zero-order valence-electron chi connectivity index (χ0n) is 13.2. The molecule has 0 aliphatic rings.